The molecule has 0 atom stereocenters. The Kier molecular flexibility index (Phi) is 16.0. The molecule has 1 heterocycles. The normalized spacial score (nSPS) is 11.6. The first-order valence-corrected chi connectivity index (χ1v) is 21.1. The fourth-order valence-corrected chi connectivity index (χ4v) is 7.02. The molecule has 0 aromatic heterocycles. The van der Waals surface area contributed by atoms with Crippen LogP contribution in [-0.2, 0) is 38.7 Å². The summed E-state index contributed by atoms with van der Waals surface area (Å²) >= 11 is 0. The van der Waals surface area contributed by atoms with Crippen molar-refractivity contribution in [3.05, 3.63) is 121 Å². The first-order valence-electron chi connectivity index (χ1n) is 19.6. The number of alkyl carbamates (subject to hydrolysis) is 2. The van der Waals surface area contributed by atoms with Crippen LogP contribution in [0.25, 0.3) is 33.4 Å². The van der Waals surface area contributed by atoms with Gasteiger partial charge in [-0.2, -0.15) is 13.0 Å². The van der Waals surface area contributed by atoms with Crippen LogP contribution in [0.2, 0.25) is 0 Å². The van der Waals surface area contributed by atoms with E-state index in [9.17, 15) is 32.1 Å². The van der Waals surface area contributed by atoms with Crippen molar-refractivity contribution in [1.29, 1.82) is 0 Å². The van der Waals surface area contributed by atoms with E-state index in [0.717, 1.165) is 11.4 Å². The smallest absolute Gasteiger partial charge is 0.407 e. The van der Waals surface area contributed by atoms with Crippen LogP contribution in [0.4, 0.5) is 21.0 Å². The van der Waals surface area contributed by atoms with Gasteiger partial charge in [-0.05, 0) is 45.0 Å². The van der Waals surface area contributed by atoms with Crippen LogP contribution in [0.1, 0.15) is 20.8 Å². The monoisotopic (exact) mass is 869 g/mol. The van der Waals surface area contributed by atoms with Gasteiger partial charge in [0, 0.05) is 69.7 Å². The van der Waals surface area contributed by atoms with E-state index in [1.807, 2.05) is 64.9 Å². The maximum absolute atomic E-state index is 12.7. The van der Waals surface area contributed by atoms with Gasteiger partial charge in [0.25, 0.3) is 10.1 Å². The van der Waals surface area contributed by atoms with Gasteiger partial charge in [-0.25, -0.2) is 19.2 Å². The van der Waals surface area contributed by atoms with Crippen LogP contribution < -0.4 is 25.5 Å². The minimum absolute atomic E-state index is 0.0278. The molecule has 0 unspecified atom stereocenters. The highest BCUT2D eigenvalue weighted by molar-refractivity contribution is 7.86. The van der Waals surface area contributed by atoms with Crippen molar-refractivity contribution >= 4 is 56.6 Å². The van der Waals surface area contributed by atoms with E-state index >= 15 is 0 Å². The van der Waals surface area contributed by atoms with E-state index in [-0.39, 0.29) is 67.7 Å². The molecule has 3 aromatic rings. The van der Waals surface area contributed by atoms with Crippen LogP contribution in [-0.4, -0.2) is 96.2 Å². The highest BCUT2D eigenvalue weighted by Gasteiger charge is 2.25. The Labute approximate surface area is 359 Å². The third-order valence-corrected chi connectivity index (χ3v) is 10.2. The number of rotatable bonds is 19. The van der Waals surface area contributed by atoms with Crippen LogP contribution in [0.5, 0.6) is 0 Å². The van der Waals surface area contributed by atoms with E-state index < -0.39 is 34.2 Å². The van der Waals surface area contributed by atoms with Gasteiger partial charge in [0.2, 0.25) is 11.0 Å². The second kappa shape index (κ2) is 21.5. The lowest BCUT2D eigenvalue weighted by Gasteiger charge is -2.24. The van der Waals surface area contributed by atoms with E-state index in [4.69, 9.17) is 23.4 Å². The predicted octanol–water partition coefficient (Wildman–Crippen LogP) is 6.07. The molecule has 1 aliphatic carbocycles. The van der Waals surface area contributed by atoms with Gasteiger partial charge in [0.15, 0.2) is 13.2 Å². The van der Waals surface area contributed by atoms with E-state index in [1.165, 1.54) is 26.0 Å². The van der Waals surface area contributed by atoms with Gasteiger partial charge in [-0.15, -0.1) is 0 Å². The number of amides is 2. The number of esters is 2. The number of nitrogens with zero attached hydrogens (tertiary/aromatic N) is 2. The third-order valence-electron chi connectivity index (χ3n) is 9.30. The van der Waals surface area contributed by atoms with Gasteiger partial charge in [-0.1, -0.05) is 49.6 Å². The number of hydrogen-bond acceptors (Lipinski definition) is 12. The van der Waals surface area contributed by atoms with Gasteiger partial charge in [-0.3, -0.25) is 4.55 Å². The second-order valence-corrected chi connectivity index (χ2v) is 15.2. The average molecular weight is 870 g/mol. The largest absolute Gasteiger partial charge is 0.460 e. The molecule has 62 heavy (non-hydrogen) atoms. The zero-order chi connectivity index (χ0) is 44.8. The van der Waals surface area contributed by atoms with Crippen LogP contribution in [0.15, 0.2) is 125 Å². The van der Waals surface area contributed by atoms with Gasteiger partial charge < -0.3 is 38.9 Å². The zero-order valence-corrected chi connectivity index (χ0v) is 35.5. The third kappa shape index (κ3) is 12.3. The number of carbonyl (C=O) groups excluding carboxylic acids is 4. The van der Waals surface area contributed by atoms with Crippen molar-refractivity contribution in [3.63, 3.8) is 0 Å². The van der Waals surface area contributed by atoms with Crippen molar-refractivity contribution in [3.8, 4) is 22.5 Å². The number of benzene rings is 4. The zero-order valence-electron chi connectivity index (χ0n) is 34.7. The number of ether oxygens (including phenoxy) is 4. The molecule has 16 nitrogen and oxygen atoms in total. The number of para-hydroxylation sites is 1. The molecule has 3 N–H and O–H groups in total. The number of fused-ring (bicyclic) bond motifs is 2. The van der Waals surface area contributed by atoms with Crippen molar-refractivity contribution in [1.82, 2.24) is 15.2 Å². The minimum Gasteiger partial charge on any atom is -0.460 e. The number of anilines is 1. The highest BCUT2D eigenvalue weighted by atomic mass is 32.2. The summed E-state index contributed by atoms with van der Waals surface area (Å²) in [6.45, 7) is 13.1. The maximum Gasteiger partial charge on any atom is 0.407 e. The van der Waals surface area contributed by atoms with Crippen LogP contribution >= 0.6 is 0 Å². The molecular weight excluding hydrogens is 821 g/mol. The molecule has 0 spiro atoms. The molecule has 5 rings (SSSR count). The van der Waals surface area contributed by atoms with Crippen LogP contribution in [0, 0.1) is 0 Å². The Hall–Kier alpha value is -6.98. The maximum atomic E-state index is 12.7. The van der Waals surface area contributed by atoms with E-state index in [1.54, 1.807) is 30.3 Å². The van der Waals surface area contributed by atoms with Crippen molar-refractivity contribution in [2.75, 3.05) is 64.1 Å². The summed E-state index contributed by atoms with van der Waals surface area (Å²) in [5.41, 5.74) is 3.72. The molecule has 0 radical (unpaired) electrons. The number of likely N-dealkylation sites (N-methyl/N-ethyl adjacent to an activating group) is 1. The van der Waals surface area contributed by atoms with Crippen molar-refractivity contribution in [2.24, 2.45) is 0 Å². The summed E-state index contributed by atoms with van der Waals surface area (Å²) in [5.74, 6) is -0.731. The van der Waals surface area contributed by atoms with Gasteiger partial charge in [0.1, 0.15) is 36.1 Å². The number of carbonyl (C=O) groups is 4. The molecule has 326 valence electrons. The summed E-state index contributed by atoms with van der Waals surface area (Å²) in [4.78, 5) is 49.7. The molecule has 2 amide bonds. The quantitative estimate of drug-likeness (QED) is 0.0164. The van der Waals surface area contributed by atoms with Crippen LogP contribution in [0.3, 0.4) is 0 Å². The standard InChI is InChI=1S/C45H48N4O12S/c1-6-48(22-26-59-44(52)46-20-24-57-42(50)30(2)3)33-16-18-35-38(28-33)61-39-29-34(17-19-36(39)41(35)37-14-10-11-15-40(37)62(54,55)56)49(32-12-8-7-9-13-32)23-27-60-45(53)47-21-25-58-43(51)31(4)5/h7-19,28-29H,2,4,6,20-27H2,1,3,5H3,(H2-,46,47,52,53,54,55,56)/p+1. The summed E-state index contributed by atoms with van der Waals surface area (Å²) in [6, 6.07) is 26.5. The lowest BCUT2D eigenvalue weighted by molar-refractivity contribution is -0.139. The number of hydrogen-bond donors (Lipinski definition) is 3. The minimum atomic E-state index is -4.66. The molecule has 0 saturated heterocycles. The Balaban J connectivity index is 1.48. The van der Waals surface area contributed by atoms with Crippen molar-refractivity contribution < 1.29 is 55.5 Å². The lowest BCUT2D eigenvalue weighted by Crippen LogP contribution is -2.33. The predicted molar refractivity (Wildman–Crippen MR) is 232 cm³/mol. The average Bonchev–Trinajstić information content (AvgIpc) is 3.25. The molecule has 0 saturated carbocycles. The first-order chi connectivity index (χ1) is 29.7. The number of nitrogens with one attached hydrogen (secondary N) is 2. The molecule has 0 bridgehead atoms. The second-order valence-electron chi connectivity index (χ2n) is 13.8. The summed E-state index contributed by atoms with van der Waals surface area (Å²) in [7, 11) is -4.66. The summed E-state index contributed by atoms with van der Waals surface area (Å²) in [6.07, 6.45) is -1.37. The summed E-state index contributed by atoms with van der Waals surface area (Å²) < 4.78 is 65.1. The molecule has 17 heteroatoms. The lowest BCUT2D eigenvalue weighted by atomic mass is 9.93. The molecule has 2 aliphatic rings. The Morgan fingerprint density at radius 3 is 1.97 bits per heavy atom. The Morgan fingerprint density at radius 1 is 0.742 bits per heavy atom. The fourth-order valence-electron chi connectivity index (χ4n) is 6.33. The fraction of sp³-hybridized carbons (Fsp3) is 0.267. The topological polar surface area (TPSA) is 203 Å². The van der Waals surface area contributed by atoms with Crippen molar-refractivity contribution in [2.45, 2.75) is 25.7 Å². The molecule has 3 aromatic carbocycles. The Morgan fingerprint density at radius 2 is 1.35 bits per heavy atom. The molecule has 0 fully saturated rings. The Bertz CT molecular complexity index is 2610. The SMILES string of the molecule is C=C(C)C(=O)OCCNC(=O)OCCN(CC)c1ccc2c(-c3ccccc3S(=O)(=O)O)c3cc/c(=[N+](\CCOC(=O)NCCOC(=O)C(=C)C)c4ccccc4)cc-3oc2c1. The first kappa shape index (κ1) is 46.1. The molecule has 1 aliphatic heterocycles. The highest BCUT2D eigenvalue weighted by Crippen LogP contribution is 2.43. The van der Waals surface area contributed by atoms with Gasteiger partial charge >= 0.3 is 24.1 Å². The summed E-state index contributed by atoms with van der Waals surface area (Å²) in [5, 5.41) is 6.31. The van der Waals surface area contributed by atoms with E-state index in [0.29, 0.717) is 46.3 Å². The van der Waals surface area contributed by atoms with E-state index in [2.05, 4.69) is 23.8 Å². The van der Waals surface area contributed by atoms with Gasteiger partial charge in [0.05, 0.1) is 25.7 Å². The molecular formula is C45H49N4O12S+.